The summed E-state index contributed by atoms with van der Waals surface area (Å²) in [6.07, 6.45) is 9.31. The molecule has 4 rings (SSSR count). The zero-order valence-corrected chi connectivity index (χ0v) is 20.0. The lowest BCUT2D eigenvalue weighted by molar-refractivity contribution is -0.119. The summed E-state index contributed by atoms with van der Waals surface area (Å²) in [5.41, 5.74) is 0.447. The topological polar surface area (TPSA) is 87.8 Å². The van der Waals surface area contributed by atoms with Gasteiger partial charge < -0.3 is 5.32 Å². The summed E-state index contributed by atoms with van der Waals surface area (Å²) in [5.74, 6) is 0.215. The normalized spacial score (nSPS) is 17.7. The van der Waals surface area contributed by atoms with E-state index in [1.807, 2.05) is 0 Å². The molecule has 0 saturated heterocycles. The van der Waals surface area contributed by atoms with E-state index in [0.717, 1.165) is 61.6 Å². The predicted octanol–water partition coefficient (Wildman–Crippen LogP) is 4.43. The van der Waals surface area contributed by atoms with Crippen molar-refractivity contribution in [1.29, 1.82) is 5.26 Å². The molecule has 2 aromatic heterocycles. The Hall–Kier alpha value is -1.85. The molecule has 31 heavy (non-hydrogen) atoms. The molecule has 1 fully saturated rings. The third-order valence-electron chi connectivity index (χ3n) is 6.38. The van der Waals surface area contributed by atoms with E-state index >= 15 is 0 Å². The van der Waals surface area contributed by atoms with Gasteiger partial charge in [0.2, 0.25) is 5.91 Å². The van der Waals surface area contributed by atoms with Crippen LogP contribution in [0, 0.1) is 17.2 Å². The molecule has 1 saturated carbocycles. The molecular formula is C23H30N4O2S2. The van der Waals surface area contributed by atoms with E-state index in [-0.39, 0.29) is 23.1 Å². The Morgan fingerprint density at radius 1 is 1.35 bits per heavy atom. The van der Waals surface area contributed by atoms with Gasteiger partial charge in [-0.1, -0.05) is 31.5 Å². The third-order valence-corrected chi connectivity index (χ3v) is 8.54. The molecule has 0 radical (unpaired) electrons. The minimum Gasteiger partial charge on any atom is -0.337 e. The summed E-state index contributed by atoms with van der Waals surface area (Å²) >= 11 is 2.95. The molecule has 1 unspecified atom stereocenters. The number of carbonyl (C=O) groups is 1. The van der Waals surface area contributed by atoms with Gasteiger partial charge in [0.1, 0.15) is 10.4 Å². The van der Waals surface area contributed by atoms with Crippen LogP contribution < -0.4 is 10.9 Å². The number of rotatable bonds is 9. The van der Waals surface area contributed by atoms with Gasteiger partial charge in [-0.15, -0.1) is 11.3 Å². The van der Waals surface area contributed by atoms with Crippen molar-refractivity contribution in [3.8, 4) is 6.07 Å². The number of carbonyl (C=O) groups excluding carboxylic acids is 1. The number of amides is 1. The van der Waals surface area contributed by atoms with Gasteiger partial charge in [-0.3, -0.25) is 14.2 Å². The first-order chi connectivity index (χ1) is 15.0. The Balaban J connectivity index is 1.59. The number of aromatic nitrogens is 2. The Morgan fingerprint density at radius 2 is 2.13 bits per heavy atom. The molecule has 166 valence electrons. The Morgan fingerprint density at radius 3 is 2.84 bits per heavy atom. The number of hydrogen-bond donors (Lipinski definition) is 1. The van der Waals surface area contributed by atoms with E-state index in [1.165, 1.54) is 28.6 Å². The average Bonchev–Trinajstić information content (AvgIpc) is 3.55. The second-order valence-corrected chi connectivity index (χ2v) is 10.9. The lowest BCUT2D eigenvalue weighted by Crippen LogP contribution is -2.47. The van der Waals surface area contributed by atoms with Gasteiger partial charge in [0.05, 0.1) is 17.2 Å². The molecule has 1 amide bonds. The number of unbranched alkanes of at least 4 members (excludes halogenated alkanes) is 2. The smallest absolute Gasteiger partial charge is 0.263 e. The van der Waals surface area contributed by atoms with Crippen LogP contribution in [0.4, 0.5) is 0 Å². The van der Waals surface area contributed by atoms with Crippen molar-refractivity contribution >= 4 is 39.2 Å². The number of hydrogen-bond acceptors (Lipinski definition) is 6. The van der Waals surface area contributed by atoms with Crippen LogP contribution in [0.3, 0.4) is 0 Å². The van der Waals surface area contributed by atoms with Crippen molar-refractivity contribution in [1.82, 2.24) is 14.9 Å². The largest absolute Gasteiger partial charge is 0.337 e. The maximum absolute atomic E-state index is 13.5. The second kappa shape index (κ2) is 9.33. The molecule has 0 aromatic carbocycles. The van der Waals surface area contributed by atoms with Crippen LogP contribution in [0.15, 0.2) is 9.95 Å². The molecule has 0 aliphatic heterocycles. The van der Waals surface area contributed by atoms with Crippen molar-refractivity contribution in [3.05, 3.63) is 20.8 Å². The molecule has 0 spiro atoms. The first-order valence-electron chi connectivity index (χ1n) is 11.4. The minimum atomic E-state index is -0.803. The summed E-state index contributed by atoms with van der Waals surface area (Å²) in [7, 11) is 0. The molecule has 8 heteroatoms. The highest BCUT2D eigenvalue weighted by Gasteiger charge is 2.43. The summed E-state index contributed by atoms with van der Waals surface area (Å²) in [5, 5.41) is 13.8. The van der Waals surface area contributed by atoms with E-state index in [9.17, 15) is 14.9 Å². The highest BCUT2D eigenvalue weighted by atomic mass is 32.2. The van der Waals surface area contributed by atoms with Crippen LogP contribution in [0.5, 0.6) is 0 Å². The van der Waals surface area contributed by atoms with Crippen molar-refractivity contribution < 1.29 is 4.79 Å². The molecule has 2 heterocycles. The first-order valence-corrected chi connectivity index (χ1v) is 13.2. The van der Waals surface area contributed by atoms with Crippen molar-refractivity contribution in [2.75, 3.05) is 5.75 Å². The average molecular weight is 459 g/mol. The van der Waals surface area contributed by atoms with E-state index in [1.54, 1.807) is 22.8 Å². The van der Waals surface area contributed by atoms with Crippen LogP contribution in [0.25, 0.3) is 10.2 Å². The highest BCUT2D eigenvalue weighted by molar-refractivity contribution is 7.99. The van der Waals surface area contributed by atoms with Crippen molar-refractivity contribution in [2.45, 2.75) is 88.9 Å². The molecular weight excluding hydrogens is 428 g/mol. The highest BCUT2D eigenvalue weighted by Crippen LogP contribution is 2.39. The van der Waals surface area contributed by atoms with E-state index < -0.39 is 5.54 Å². The maximum atomic E-state index is 13.5. The maximum Gasteiger partial charge on any atom is 0.263 e. The number of fused-ring (bicyclic) bond motifs is 3. The number of nitrogens with one attached hydrogen (secondary N) is 1. The molecule has 2 aliphatic carbocycles. The predicted molar refractivity (Wildman–Crippen MR) is 126 cm³/mol. The van der Waals surface area contributed by atoms with Crippen LogP contribution in [0.1, 0.15) is 69.2 Å². The SMILES string of the molecule is CCCCCn1c(SCC(=O)NC(C)(C#N)C2CC2)nc2sc3c(c2c1=O)CCCC3. The van der Waals surface area contributed by atoms with E-state index in [2.05, 4.69) is 18.3 Å². The minimum absolute atomic E-state index is 0.0447. The van der Waals surface area contributed by atoms with Crippen molar-refractivity contribution in [3.63, 3.8) is 0 Å². The van der Waals surface area contributed by atoms with Gasteiger partial charge in [0.15, 0.2) is 5.16 Å². The first kappa shape index (κ1) is 22.3. The van der Waals surface area contributed by atoms with Gasteiger partial charge in [-0.2, -0.15) is 5.26 Å². The molecule has 1 atom stereocenters. The molecule has 2 aromatic rings. The zero-order valence-electron chi connectivity index (χ0n) is 18.3. The fourth-order valence-electron chi connectivity index (χ4n) is 4.38. The van der Waals surface area contributed by atoms with Crippen LogP contribution in [-0.4, -0.2) is 26.8 Å². The van der Waals surface area contributed by atoms with E-state index in [4.69, 9.17) is 4.98 Å². The summed E-state index contributed by atoms with van der Waals surface area (Å²) in [6, 6.07) is 2.27. The number of nitrogens with zero attached hydrogens (tertiary/aromatic N) is 3. The van der Waals surface area contributed by atoms with Gasteiger partial charge in [-0.25, -0.2) is 4.98 Å². The quantitative estimate of drug-likeness (QED) is 0.341. The van der Waals surface area contributed by atoms with Gasteiger partial charge in [-0.05, 0) is 63.4 Å². The lowest BCUT2D eigenvalue weighted by Gasteiger charge is -2.22. The number of thiophene rings is 1. The Bertz CT molecular complexity index is 1080. The molecule has 2 aliphatic rings. The fraction of sp³-hybridized carbons (Fsp3) is 0.652. The number of aryl methyl sites for hydroxylation is 2. The lowest BCUT2D eigenvalue weighted by atomic mass is 9.97. The number of nitriles is 1. The standard InChI is InChI=1S/C23H30N4O2S2/c1-3-4-7-12-27-21(29)19-16-8-5-6-9-17(16)31-20(19)25-22(27)30-13-18(28)26-23(2,14-24)15-10-11-15/h15H,3-13H2,1-2H3,(H,26,28). The third kappa shape index (κ3) is 4.68. The molecule has 6 nitrogen and oxygen atoms in total. The van der Waals surface area contributed by atoms with Gasteiger partial charge >= 0.3 is 0 Å². The summed E-state index contributed by atoms with van der Waals surface area (Å²) < 4.78 is 1.78. The van der Waals surface area contributed by atoms with Crippen LogP contribution in [0.2, 0.25) is 0 Å². The van der Waals surface area contributed by atoms with Crippen molar-refractivity contribution in [2.24, 2.45) is 5.92 Å². The van der Waals surface area contributed by atoms with Gasteiger partial charge in [0.25, 0.3) is 5.56 Å². The molecule has 1 N–H and O–H groups in total. The van der Waals surface area contributed by atoms with Crippen LogP contribution in [-0.2, 0) is 24.2 Å². The number of thioether (sulfide) groups is 1. The summed E-state index contributed by atoms with van der Waals surface area (Å²) in [4.78, 5) is 33.0. The Labute approximate surface area is 191 Å². The zero-order chi connectivity index (χ0) is 22.0. The second-order valence-electron chi connectivity index (χ2n) is 8.87. The monoisotopic (exact) mass is 458 g/mol. The Kier molecular flexibility index (Phi) is 6.73. The van der Waals surface area contributed by atoms with Crippen LogP contribution >= 0.6 is 23.1 Å². The fourth-order valence-corrected chi connectivity index (χ4v) is 6.51. The molecule has 0 bridgehead atoms. The summed E-state index contributed by atoms with van der Waals surface area (Å²) in [6.45, 7) is 4.57. The van der Waals surface area contributed by atoms with Gasteiger partial charge in [0, 0.05) is 11.4 Å². The van der Waals surface area contributed by atoms with E-state index in [0.29, 0.717) is 11.7 Å².